The Labute approximate surface area is 113 Å². The first-order valence-electron chi connectivity index (χ1n) is 5.56. The van der Waals surface area contributed by atoms with Gasteiger partial charge in [0, 0.05) is 31.1 Å². The maximum atomic E-state index is 11.3. The second kappa shape index (κ2) is 5.34. The quantitative estimate of drug-likeness (QED) is 0.616. The Morgan fingerprint density at radius 1 is 1.60 bits per heavy atom. The molecule has 0 radical (unpaired) electrons. The molecule has 20 heavy (non-hydrogen) atoms. The molecule has 0 aliphatic rings. The second-order valence-corrected chi connectivity index (χ2v) is 3.99. The van der Waals surface area contributed by atoms with E-state index in [-0.39, 0.29) is 11.5 Å². The van der Waals surface area contributed by atoms with Gasteiger partial charge in [-0.05, 0) is 6.07 Å². The molecule has 2 aromatic rings. The van der Waals surface area contributed by atoms with Gasteiger partial charge in [0.25, 0.3) is 0 Å². The molecule has 2 rings (SSSR count). The molecular weight excluding hydrogens is 266 g/mol. The Bertz CT molecular complexity index is 654. The van der Waals surface area contributed by atoms with Crippen LogP contribution in [0.25, 0.3) is 0 Å². The molecule has 104 valence electrons. The largest absolute Gasteiger partial charge is 0.479 e. The smallest absolute Gasteiger partial charge is 0.330 e. The number of hydrogen-bond acceptors (Lipinski definition) is 6. The van der Waals surface area contributed by atoms with E-state index < -0.39 is 16.9 Å². The highest BCUT2D eigenvalue weighted by atomic mass is 16.6. The summed E-state index contributed by atoms with van der Waals surface area (Å²) in [6, 6.07) is 1.48. The first-order chi connectivity index (χ1) is 9.49. The second-order valence-electron chi connectivity index (χ2n) is 3.99. The average molecular weight is 277 g/mol. The number of hydrogen-bond donors (Lipinski definition) is 2. The number of nitrogens with zero attached hydrogens (tertiary/aromatic N) is 4. The number of anilines is 1. The summed E-state index contributed by atoms with van der Waals surface area (Å²) in [4.78, 5) is 25.4. The monoisotopic (exact) mass is 277 g/mol. The summed E-state index contributed by atoms with van der Waals surface area (Å²) in [6.45, 7) is 0. The molecule has 0 spiro atoms. The number of carboxylic acid groups (broad SMARTS) is 1. The van der Waals surface area contributed by atoms with Crippen LogP contribution in [0.15, 0.2) is 30.7 Å². The molecule has 9 nitrogen and oxygen atoms in total. The van der Waals surface area contributed by atoms with Gasteiger partial charge in [-0.25, -0.2) is 9.78 Å². The van der Waals surface area contributed by atoms with Crippen LogP contribution in [0.3, 0.4) is 0 Å². The van der Waals surface area contributed by atoms with Gasteiger partial charge in [0.15, 0.2) is 6.04 Å². The zero-order valence-electron chi connectivity index (χ0n) is 10.4. The molecule has 0 aliphatic heterocycles. The number of rotatable bonds is 5. The van der Waals surface area contributed by atoms with E-state index in [1.807, 2.05) is 0 Å². The SMILES string of the molecule is Cn1cc(C(Nc2ncccc2[N+](=O)[O-])C(=O)O)cn1. The van der Waals surface area contributed by atoms with Crippen molar-refractivity contribution in [2.45, 2.75) is 6.04 Å². The summed E-state index contributed by atoms with van der Waals surface area (Å²) in [5, 5.41) is 26.5. The Hall–Kier alpha value is -2.97. The standard InChI is InChI=1S/C11H11N5O4/c1-15-6-7(5-13-15)9(11(17)18)14-10-8(16(19)20)3-2-4-12-10/h2-6,9H,1H3,(H,12,14)(H,17,18). The van der Waals surface area contributed by atoms with Gasteiger partial charge in [-0.1, -0.05) is 0 Å². The molecule has 0 fully saturated rings. The molecule has 1 atom stereocenters. The molecule has 9 heteroatoms. The van der Waals surface area contributed by atoms with E-state index in [0.29, 0.717) is 5.56 Å². The lowest BCUT2D eigenvalue weighted by Crippen LogP contribution is -2.21. The fourth-order valence-corrected chi connectivity index (χ4v) is 1.67. The molecule has 0 aliphatic carbocycles. The number of nitrogens with one attached hydrogen (secondary N) is 1. The van der Waals surface area contributed by atoms with Gasteiger partial charge in [-0.3, -0.25) is 14.8 Å². The van der Waals surface area contributed by atoms with Gasteiger partial charge in [0.05, 0.1) is 11.1 Å². The van der Waals surface area contributed by atoms with Crippen LogP contribution in [-0.4, -0.2) is 30.8 Å². The van der Waals surface area contributed by atoms with Crippen LogP contribution in [0, 0.1) is 10.1 Å². The molecule has 1 unspecified atom stereocenters. The van der Waals surface area contributed by atoms with Gasteiger partial charge < -0.3 is 10.4 Å². The van der Waals surface area contributed by atoms with E-state index in [1.165, 1.54) is 35.4 Å². The summed E-state index contributed by atoms with van der Waals surface area (Å²) in [5.74, 6) is -1.29. The third kappa shape index (κ3) is 2.71. The summed E-state index contributed by atoms with van der Waals surface area (Å²) in [6.07, 6.45) is 4.23. The Morgan fingerprint density at radius 3 is 2.90 bits per heavy atom. The zero-order chi connectivity index (χ0) is 14.7. The van der Waals surface area contributed by atoms with E-state index in [0.717, 1.165) is 0 Å². The van der Waals surface area contributed by atoms with Crippen molar-refractivity contribution < 1.29 is 14.8 Å². The highest BCUT2D eigenvalue weighted by Crippen LogP contribution is 2.25. The summed E-state index contributed by atoms with van der Waals surface area (Å²) >= 11 is 0. The first-order valence-corrected chi connectivity index (χ1v) is 5.56. The maximum absolute atomic E-state index is 11.3. The average Bonchev–Trinajstić information content (AvgIpc) is 2.82. The van der Waals surface area contributed by atoms with Crippen molar-refractivity contribution in [2.24, 2.45) is 7.05 Å². The molecule has 2 N–H and O–H groups in total. The minimum atomic E-state index is -1.18. The lowest BCUT2D eigenvalue weighted by molar-refractivity contribution is -0.384. The number of aromatic nitrogens is 3. The van der Waals surface area contributed by atoms with Crippen LogP contribution in [-0.2, 0) is 11.8 Å². The minimum Gasteiger partial charge on any atom is -0.479 e. The predicted octanol–water partition coefficient (Wildman–Crippen LogP) is 0.961. The first kappa shape index (κ1) is 13.5. The Kier molecular flexibility index (Phi) is 3.60. The van der Waals surface area contributed by atoms with Gasteiger partial charge in [-0.15, -0.1) is 0 Å². The molecule has 0 saturated carbocycles. The van der Waals surface area contributed by atoms with Crippen molar-refractivity contribution in [1.82, 2.24) is 14.8 Å². The lowest BCUT2D eigenvalue weighted by atomic mass is 10.1. The zero-order valence-corrected chi connectivity index (χ0v) is 10.4. The Balaban J connectivity index is 2.34. The number of carboxylic acids is 1. The van der Waals surface area contributed by atoms with Gasteiger partial charge in [-0.2, -0.15) is 5.10 Å². The highest BCUT2D eigenvalue weighted by Gasteiger charge is 2.25. The van der Waals surface area contributed by atoms with Crippen LogP contribution in [0.5, 0.6) is 0 Å². The van der Waals surface area contributed by atoms with Crippen LogP contribution >= 0.6 is 0 Å². The molecule has 0 saturated heterocycles. The normalized spacial score (nSPS) is 11.8. The van der Waals surface area contributed by atoms with Crippen LogP contribution in [0.1, 0.15) is 11.6 Å². The number of aryl methyl sites for hydroxylation is 1. The van der Waals surface area contributed by atoms with E-state index in [9.17, 15) is 20.0 Å². The molecule has 2 aromatic heterocycles. The van der Waals surface area contributed by atoms with Crippen molar-refractivity contribution in [3.8, 4) is 0 Å². The van der Waals surface area contributed by atoms with Crippen molar-refractivity contribution >= 4 is 17.5 Å². The van der Waals surface area contributed by atoms with Gasteiger partial charge in [0.1, 0.15) is 0 Å². The van der Waals surface area contributed by atoms with Crippen LogP contribution in [0.4, 0.5) is 11.5 Å². The fourth-order valence-electron chi connectivity index (χ4n) is 1.67. The molecular formula is C11H11N5O4. The minimum absolute atomic E-state index is 0.103. The van der Waals surface area contributed by atoms with Gasteiger partial charge >= 0.3 is 11.7 Å². The number of pyridine rings is 1. The van der Waals surface area contributed by atoms with Crippen LogP contribution < -0.4 is 5.32 Å². The molecule has 0 aromatic carbocycles. The van der Waals surface area contributed by atoms with Crippen molar-refractivity contribution in [3.05, 3.63) is 46.4 Å². The third-order valence-electron chi connectivity index (χ3n) is 2.57. The van der Waals surface area contributed by atoms with Crippen molar-refractivity contribution in [3.63, 3.8) is 0 Å². The number of carbonyl (C=O) groups is 1. The van der Waals surface area contributed by atoms with E-state index in [2.05, 4.69) is 15.4 Å². The molecule has 0 bridgehead atoms. The summed E-state index contributed by atoms with van der Waals surface area (Å²) in [5.41, 5.74) is 0.0857. The van der Waals surface area contributed by atoms with Crippen LogP contribution in [0.2, 0.25) is 0 Å². The van der Waals surface area contributed by atoms with E-state index in [4.69, 9.17) is 0 Å². The maximum Gasteiger partial charge on any atom is 0.330 e. The molecule has 2 heterocycles. The Morgan fingerprint density at radius 2 is 2.35 bits per heavy atom. The van der Waals surface area contributed by atoms with Crippen molar-refractivity contribution in [1.29, 1.82) is 0 Å². The van der Waals surface area contributed by atoms with Crippen molar-refractivity contribution in [2.75, 3.05) is 5.32 Å². The van der Waals surface area contributed by atoms with E-state index in [1.54, 1.807) is 7.05 Å². The predicted molar refractivity (Wildman–Crippen MR) is 68.1 cm³/mol. The van der Waals surface area contributed by atoms with E-state index >= 15 is 0 Å². The fraction of sp³-hybridized carbons (Fsp3) is 0.182. The third-order valence-corrected chi connectivity index (χ3v) is 2.57. The molecule has 0 amide bonds. The number of aliphatic carboxylic acids is 1. The topological polar surface area (TPSA) is 123 Å². The lowest BCUT2D eigenvalue weighted by Gasteiger charge is -2.13. The van der Waals surface area contributed by atoms with Gasteiger partial charge in [0.2, 0.25) is 5.82 Å². The summed E-state index contributed by atoms with van der Waals surface area (Å²) in [7, 11) is 1.64. The summed E-state index contributed by atoms with van der Waals surface area (Å²) < 4.78 is 1.44. The number of nitro groups is 1. The highest BCUT2D eigenvalue weighted by molar-refractivity contribution is 5.79.